The molecule has 3 aromatic rings. The van der Waals surface area contributed by atoms with Crippen LogP contribution in [0.3, 0.4) is 0 Å². The molecule has 3 aromatic carbocycles. The molecule has 0 spiro atoms. The predicted octanol–water partition coefficient (Wildman–Crippen LogP) is 4.36. The molecule has 0 aliphatic rings. The minimum Gasteiger partial charge on any atom is -0.399 e. The molecule has 0 saturated heterocycles. The summed E-state index contributed by atoms with van der Waals surface area (Å²) in [5, 5.41) is 0. The Hall–Kier alpha value is -2.19. The average molecular weight is 278 g/mol. The molecular weight excluding hydrogens is 262 g/mol. The zero-order chi connectivity index (χ0) is 13.8. The van der Waals surface area contributed by atoms with Crippen molar-refractivity contribution in [1.82, 2.24) is 0 Å². The highest BCUT2D eigenvalue weighted by atomic mass is 32.2. The van der Waals surface area contributed by atoms with Gasteiger partial charge in [0.15, 0.2) is 14.7 Å². The molecule has 0 amide bonds. The van der Waals surface area contributed by atoms with Crippen LogP contribution in [0, 0.1) is 0 Å². The summed E-state index contributed by atoms with van der Waals surface area (Å²) in [6.45, 7) is 0. The third-order valence-electron chi connectivity index (χ3n) is 3.07. The van der Waals surface area contributed by atoms with Crippen LogP contribution in [-0.4, -0.2) is 0 Å². The normalized spacial score (nSPS) is 10.7. The third-order valence-corrected chi connectivity index (χ3v) is 5.30. The largest absolute Gasteiger partial charge is 0.399 e. The van der Waals surface area contributed by atoms with Crippen LogP contribution in [0.15, 0.2) is 99.6 Å². The lowest BCUT2D eigenvalue weighted by Gasteiger charge is -2.07. The van der Waals surface area contributed by atoms with Gasteiger partial charge in [-0.05, 0) is 48.5 Å². The first kappa shape index (κ1) is 12.8. The molecule has 2 heteroatoms. The minimum atomic E-state index is -0.0785. The maximum atomic E-state index is 5.81. The Balaban J connectivity index is 2.11. The molecule has 0 atom stereocenters. The van der Waals surface area contributed by atoms with Crippen molar-refractivity contribution in [3.8, 4) is 0 Å². The number of nitrogen functional groups attached to an aromatic ring is 1. The highest BCUT2D eigenvalue weighted by Crippen LogP contribution is 2.31. The molecule has 0 aliphatic heterocycles. The van der Waals surface area contributed by atoms with E-state index in [1.807, 2.05) is 12.1 Å². The number of rotatable bonds is 3. The van der Waals surface area contributed by atoms with Gasteiger partial charge in [-0.25, -0.2) is 0 Å². The van der Waals surface area contributed by atoms with Gasteiger partial charge in [0, 0.05) is 5.69 Å². The van der Waals surface area contributed by atoms with E-state index in [9.17, 15) is 0 Å². The van der Waals surface area contributed by atoms with Gasteiger partial charge < -0.3 is 5.73 Å². The van der Waals surface area contributed by atoms with E-state index in [-0.39, 0.29) is 10.9 Å². The van der Waals surface area contributed by atoms with Gasteiger partial charge in [0.2, 0.25) is 0 Å². The monoisotopic (exact) mass is 278 g/mol. The molecule has 0 radical (unpaired) electrons. The highest BCUT2D eigenvalue weighted by molar-refractivity contribution is 7.97. The Kier molecular flexibility index (Phi) is 3.75. The molecule has 0 fully saturated rings. The Labute approximate surface area is 122 Å². The second kappa shape index (κ2) is 5.85. The smallest absolute Gasteiger partial charge is 0.166 e. The number of hydrogen-bond donors (Lipinski definition) is 1. The topological polar surface area (TPSA) is 26.0 Å². The summed E-state index contributed by atoms with van der Waals surface area (Å²) in [4.78, 5) is 3.93. The molecule has 0 unspecified atom stereocenters. The van der Waals surface area contributed by atoms with E-state index in [1.54, 1.807) is 0 Å². The van der Waals surface area contributed by atoms with Crippen LogP contribution in [0.5, 0.6) is 0 Å². The first-order valence-corrected chi connectivity index (χ1v) is 7.77. The number of anilines is 1. The molecule has 1 nitrogen and oxygen atoms in total. The van der Waals surface area contributed by atoms with Crippen molar-refractivity contribution < 1.29 is 0 Å². The zero-order valence-corrected chi connectivity index (χ0v) is 11.9. The van der Waals surface area contributed by atoms with E-state index >= 15 is 0 Å². The maximum absolute atomic E-state index is 5.81. The van der Waals surface area contributed by atoms with Gasteiger partial charge in [-0.1, -0.05) is 36.4 Å². The lowest BCUT2D eigenvalue weighted by molar-refractivity contribution is 1.32. The number of nitrogens with two attached hydrogens (primary N) is 1. The van der Waals surface area contributed by atoms with Crippen molar-refractivity contribution in [3.63, 3.8) is 0 Å². The van der Waals surface area contributed by atoms with E-state index in [0.717, 1.165) is 5.69 Å². The van der Waals surface area contributed by atoms with Gasteiger partial charge in [0.25, 0.3) is 0 Å². The van der Waals surface area contributed by atoms with Crippen LogP contribution in [0.25, 0.3) is 0 Å². The quantitative estimate of drug-likeness (QED) is 0.559. The average Bonchev–Trinajstić information content (AvgIpc) is 2.52. The fourth-order valence-corrected chi connectivity index (χ4v) is 4.21. The van der Waals surface area contributed by atoms with Gasteiger partial charge in [-0.15, -0.1) is 0 Å². The van der Waals surface area contributed by atoms with Crippen LogP contribution in [-0.2, 0) is 10.9 Å². The molecule has 0 aliphatic carbocycles. The standard InChI is InChI=1S/C18H16NS/c19-15-11-13-18(14-12-15)20(16-7-3-1-4-8-16)17-9-5-2-6-10-17/h1-14H,19H2/q+1. The molecule has 0 saturated carbocycles. The van der Waals surface area contributed by atoms with E-state index in [1.165, 1.54) is 14.7 Å². The summed E-state index contributed by atoms with van der Waals surface area (Å²) in [5.74, 6) is 0. The van der Waals surface area contributed by atoms with Gasteiger partial charge in [-0.3, -0.25) is 0 Å². The Morgan fingerprint density at radius 1 is 0.500 bits per heavy atom. The van der Waals surface area contributed by atoms with Gasteiger partial charge >= 0.3 is 0 Å². The fraction of sp³-hybridized carbons (Fsp3) is 0. The van der Waals surface area contributed by atoms with Crippen LogP contribution in [0.4, 0.5) is 5.69 Å². The first-order valence-electron chi connectivity index (χ1n) is 6.54. The second-order valence-corrected chi connectivity index (χ2v) is 6.53. The number of benzene rings is 3. The van der Waals surface area contributed by atoms with E-state index < -0.39 is 0 Å². The Morgan fingerprint density at radius 2 is 0.900 bits per heavy atom. The lowest BCUT2D eigenvalue weighted by Crippen LogP contribution is -2.04. The summed E-state index contributed by atoms with van der Waals surface area (Å²) in [7, 11) is -0.0785. The summed E-state index contributed by atoms with van der Waals surface area (Å²) in [6, 6.07) is 29.4. The van der Waals surface area contributed by atoms with Gasteiger partial charge in [0.05, 0.1) is 10.9 Å². The number of hydrogen-bond acceptors (Lipinski definition) is 1. The molecule has 0 aromatic heterocycles. The Bertz CT molecular complexity index is 623. The van der Waals surface area contributed by atoms with Crippen LogP contribution >= 0.6 is 0 Å². The van der Waals surface area contributed by atoms with Crippen LogP contribution < -0.4 is 5.73 Å². The second-order valence-electron chi connectivity index (χ2n) is 4.50. The summed E-state index contributed by atoms with van der Waals surface area (Å²) in [5.41, 5.74) is 6.61. The SMILES string of the molecule is Nc1ccc([S+](c2ccccc2)c2ccccc2)cc1. The van der Waals surface area contributed by atoms with Crippen LogP contribution in [0.1, 0.15) is 0 Å². The summed E-state index contributed by atoms with van der Waals surface area (Å²) < 4.78 is 0. The Morgan fingerprint density at radius 3 is 1.35 bits per heavy atom. The lowest BCUT2D eigenvalue weighted by atomic mass is 10.3. The van der Waals surface area contributed by atoms with E-state index in [4.69, 9.17) is 5.73 Å². The summed E-state index contributed by atoms with van der Waals surface area (Å²) in [6.07, 6.45) is 0. The highest BCUT2D eigenvalue weighted by Gasteiger charge is 2.27. The van der Waals surface area contributed by atoms with Crippen molar-refractivity contribution >= 4 is 16.6 Å². The fourth-order valence-electron chi connectivity index (χ4n) is 2.13. The van der Waals surface area contributed by atoms with Crippen LogP contribution in [0.2, 0.25) is 0 Å². The van der Waals surface area contributed by atoms with E-state index in [0.29, 0.717) is 0 Å². The molecular formula is C18H16NS+. The third kappa shape index (κ3) is 2.70. The maximum Gasteiger partial charge on any atom is 0.166 e. The van der Waals surface area contributed by atoms with Crippen molar-refractivity contribution in [1.29, 1.82) is 0 Å². The molecule has 2 N–H and O–H groups in total. The molecule has 0 heterocycles. The van der Waals surface area contributed by atoms with Crippen molar-refractivity contribution in [2.45, 2.75) is 14.7 Å². The van der Waals surface area contributed by atoms with E-state index in [2.05, 4.69) is 72.8 Å². The van der Waals surface area contributed by atoms with Crippen molar-refractivity contribution in [2.75, 3.05) is 5.73 Å². The van der Waals surface area contributed by atoms with Gasteiger partial charge in [0.1, 0.15) is 0 Å². The van der Waals surface area contributed by atoms with Crippen molar-refractivity contribution in [2.24, 2.45) is 0 Å². The predicted molar refractivity (Wildman–Crippen MR) is 85.9 cm³/mol. The molecule has 3 rings (SSSR count). The molecule has 0 bridgehead atoms. The zero-order valence-electron chi connectivity index (χ0n) is 11.1. The van der Waals surface area contributed by atoms with Gasteiger partial charge in [-0.2, -0.15) is 0 Å². The first-order chi connectivity index (χ1) is 9.84. The molecule has 98 valence electrons. The summed E-state index contributed by atoms with van der Waals surface area (Å²) >= 11 is 0. The molecule has 20 heavy (non-hydrogen) atoms. The minimum absolute atomic E-state index is 0.0785. The van der Waals surface area contributed by atoms with Crippen molar-refractivity contribution in [3.05, 3.63) is 84.9 Å².